The van der Waals surface area contributed by atoms with Crippen LogP contribution in [0, 0.1) is 0 Å². The third-order valence-corrected chi connectivity index (χ3v) is 2.57. The van der Waals surface area contributed by atoms with Crippen LogP contribution in [0.3, 0.4) is 0 Å². The number of hydrogen-bond acceptors (Lipinski definition) is 4. The van der Waals surface area contributed by atoms with Crippen LogP contribution in [0.2, 0.25) is 0 Å². The number of nitrogens with zero attached hydrogens (tertiary/aromatic N) is 2. The van der Waals surface area contributed by atoms with E-state index < -0.39 is 0 Å². The highest BCUT2D eigenvalue weighted by Crippen LogP contribution is 2.22. The van der Waals surface area contributed by atoms with E-state index in [0.29, 0.717) is 0 Å². The van der Waals surface area contributed by atoms with Gasteiger partial charge in [-0.25, -0.2) is 4.98 Å². The number of hydrogen-bond donors (Lipinski definition) is 2. The second-order valence-corrected chi connectivity index (χ2v) is 4.37. The maximum absolute atomic E-state index is 5.68. The molecule has 2 rings (SSSR count). The molecule has 0 amide bonds. The number of pyridine rings is 1. The van der Waals surface area contributed by atoms with E-state index in [-0.39, 0.29) is 6.04 Å². The summed E-state index contributed by atoms with van der Waals surface area (Å²) in [5.41, 5.74) is 8.39. The molecule has 0 fully saturated rings. The molecule has 0 spiro atoms. The lowest BCUT2D eigenvalue weighted by Crippen LogP contribution is -2.25. The zero-order valence-electron chi connectivity index (χ0n) is 9.33. The van der Waals surface area contributed by atoms with Crippen LogP contribution in [0.15, 0.2) is 12.3 Å². The highest BCUT2D eigenvalue weighted by molar-refractivity contribution is 5.42. The lowest BCUT2D eigenvalue weighted by molar-refractivity contribution is 0.353. The third-order valence-electron chi connectivity index (χ3n) is 2.57. The van der Waals surface area contributed by atoms with Crippen molar-refractivity contribution < 1.29 is 0 Å². The van der Waals surface area contributed by atoms with Gasteiger partial charge >= 0.3 is 0 Å². The molecule has 15 heavy (non-hydrogen) atoms. The number of rotatable bonds is 3. The molecule has 1 aromatic rings. The Kier molecular flexibility index (Phi) is 2.88. The summed E-state index contributed by atoms with van der Waals surface area (Å²) < 4.78 is 0. The van der Waals surface area contributed by atoms with Crippen LogP contribution in [-0.2, 0) is 13.1 Å². The molecular weight excluding hydrogens is 188 g/mol. The van der Waals surface area contributed by atoms with Crippen LogP contribution in [0.1, 0.15) is 18.1 Å². The van der Waals surface area contributed by atoms with Crippen molar-refractivity contribution in [3.63, 3.8) is 0 Å². The van der Waals surface area contributed by atoms with E-state index in [9.17, 15) is 0 Å². The van der Waals surface area contributed by atoms with Gasteiger partial charge in [0.1, 0.15) is 5.82 Å². The molecule has 82 valence electrons. The molecule has 2 heterocycles. The molecule has 0 bridgehead atoms. The molecule has 1 unspecified atom stereocenters. The van der Waals surface area contributed by atoms with Gasteiger partial charge in [-0.3, -0.25) is 4.90 Å². The second kappa shape index (κ2) is 4.16. The average molecular weight is 206 g/mol. The Morgan fingerprint density at radius 3 is 3.00 bits per heavy atom. The maximum atomic E-state index is 5.68. The van der Waals surface area contributed by atoms with E-state index in [2.05, 4.69) is 28.3 Å². The predicted molar refractivity (Wildman–Crippen MR) is 61.5 cm³/mol. The Labute approximate surface area is 90.5 Å². The first-order valence-corrected chi connectivity index (χ1v) is 5.31. The fourth-order valence-corrected chi connectivity index (χ4v) is 1.81. The van der Waals surface area contributed by atoms with Crippen molar-refractivity contribution in [3.8, 4) is 0 Å². The molecule has 0 aliphatic carbocycles. The van der Waals surface area contributed by atoms with Gasteiger partial charge in [-0.05, 0) is 31.2 Å². The van der Waals surface area contributed by atoms with Gasteiger partial charge < -0.3 is 11.1 Å². The van der Waals surface area contributed by atoms with Crippen LogP contribution in [0.5, 0.6) is 0 Å². The Morgan fingerprint density at radius 2 is 2.27 bits per heavy atom. The van der Waals surface area contributed by atoms with Crippen molar-refractivity contribution in [1.29, 1.82) is 0 Å². The summed E-state index contributed by atoms with van der Waals surface area (Å²) in [5.74, 6) is 0.932. The van der Waals surface area contributed by atoms with Crippen molar-refractivity contribution >= 4 is 5.82 Å². The Morgan fingerprint density at radius 1 is 1.53 bits per heavy atom. The van der Waals surface area contributed by atoms with Gasteiger partial charge in [0.25, 0.3) is 0 Å². The SMILES string of the molecule is CC(N)CNc1cc2c(cn1)CN(C)C2. The fraction of sp³-hybridized carbons (Fsp3) is 0.545. The van der Waals surface area contributed by atoms with Crippen molar-refractivity contribution in [2.45, 2.75) is 26.1 Å². The van der Waals surface area contributed by atoms with Crippen LogP contribution in [-0.4, -0.2) is 29.5 Å². The summed E-state index contributed by atoms with van der Waals surface area (Å²) in [4.78, 5) is 6.64. The summed E-state index contributed by atoms with van der Waals surface area (Å²) in [7, 11) is 2.12. The van der Waals surface area contributed by atoms with Crippen molar-refractivity contribution in [2.75, 3.05) is 18.9 Å². The molecule has 1 aliphatic rings. The number of nitrogens with two attached hydrogens (primary N) is 1. The summed E-state index contributed by atoms with van der Waals surface area (Å²) in [6, 6.07) is 2.28. The zero-order valence-corrected chi connectivity index (χ0v) is 9.33. The molecule has 4 heteroatoms. The smallest absolute Gasteiger partial charge is 0.126 e. The molecule has 4 nitrogen and oxygen atoms in total. The van der Waals surface area contributed by atoms with E-state index in [4.69, 9.17) is 5.73 Å². The molecule has 0 radical (unpaired) electrons. The van der Waals surface area contributed by atoms with Gasteiger partial charge in [0.15, 0.2) is 0 Å². The average Bonchev–Trinajstić information content (AvgIpc) is 2.53. The minimum Gasteiger partial charge on any atom is -0.369 e. The first-order chi connectivity index (χ1) is 7.15. The number of anilines is 1. The van der Waals surface area contributed by atoms with Gasteiger partial charge in [0.2, 0.25) is 0 Å². The standard InChI is InChI=1S/C11H18N4/c1-8(12)4-13-11-3-9-6-15(2)7-10(9)5-14-11/h3,5,8H,4,6-7,12H2,1-2H3,(H,13,14). The second-order valence-electron chi connectivity index (χ2n) is 4.37. The number of fused-ring (bicyclic) bond motifs is 1. The monoisotopic (exact) mass is 206 g/mol. The Balaban J connectivity index is 2.06. The van der Waals surface area contributed by atoms with Gasteiger partial charge in [-0.1, -0.05) is 0 Å². The molecule has 0 saturated carbocycles. The highest BCUT2D eigenvalue weighted by Gasteiger charge is 2.15. The summed E-state index contributed by atoms with van der Waals surface area (Å²) in [6.45, 7) is 4.77. The maximum Gasteiger partial charge on any atom is 0.126 e. The minimum atomic E-state index is 0.155. The van der Waals surface area contributed by atoms with Crippen LogP contribution >= 0.6 is 0 Å². The van der Waals surface area contributed by atoms with Gasteiger partial charge in [0, 0.05) is 31.9 Å². The van der Waals surface area contributed by atoms with Gasteiger partial charge in [-0.15, -0.1) is 0 Å². The van der Waals surface area contributed by atoms with Crippen molar-refractivity contribution in [1.82, 2.24) is 9.88 Å². The zero-order chi connectivity index (χ0) is 10.8. The third kappa shape index (κ3) is 2.46. The number of aromatic nitrogens is 1. The summed E-state index contributed by atoms with van der Waals surface area (Å²) in [6.07, 6.45) is 1.96. The summed E-state index contributed by atoms with van der Waals surface area (Å²) in [5, 5.41) is 3.23. The summed E-state index contributed by atoms with van der Waals surface area (Å²) >= 11 is 0. The lowest BCUT2D eigenvalue weighted by atomic mass is 10.2. The Bertz CT molecular complexity index is 348. The van der Waals surface area contributed by atoms with E-state index in [1.165, 1.54) is 11.1 Å². The lowest BCUT2D eigenvalue weighted by Gasteiger charge is -2.09. The fourth-order valence-electron chi connectivity index (χ4n) is 1.81. The van der Waals surface area contributed by atoms with E-state index in [1.54, 1.807) is 0 Å². The molecule has 0 aromatic carbocycles. The van der Waals surface area contributed by atoms with E-state index in [0.717, 1.165) is 25.5 Å². The quantitative estimate of drug-likeness (QED) is 0.767. The largest absolute Gasteiger partial charge is 0.369 e. The van der Waals surface area contributed by atoms with Crippen LogP contribution in [0.25, 0.3) is 0 Å². The van der Waals surface area contributed by atoms with Crippen LogP contribution < -0.4 is 11.1 Å². The molecule has 1 aromatic heterocycles. The van der Waals surface area contributed by atoms with Gasteiger partial charge in [0.05, 0.1) is 0 Å². The van der Waals surface area contributed by atoms with E-state index >= 15 is 0 Å². The predicted octanol–water partition coefficient (Wildman–Crippen LogP) is 0.786. The first-order valence-electron chi connectivity index (χ1n) is 5.31. The minimum absolute atomic E-state index is 0.155. The highest BCUT2D eigenvalue weighted by atomic mass is 15.1. The van der Waals surface area contributed by atoms with Gasteiger partial charge in [-0.2, -0.15) is 0 Å². The van der Waals surface area contributed by atoms with Crippen molar-refractivity contribution in [3.05, 3.63) is 23.4 Å². The van der Waals surface area contributed by atoms with Crippen LogP contribution in [0.4, 0.5) is 5.82 Å². The molecule has 1 aliphatic heterocycles. The molecule has 1 atom stereocenters. The van der Waals surface area contributed by atoms with E-state index in [1.807, 2.05) is 13.1 Å². The number of nitrogens with one attached hydrogen (secondary N) is 1. The molecule has 3 N–H and O–H groups in total. The normalized spacial score (nSPS) is 17.5. The first kappa shape index (κ1) is 10.4. The molecule has 0 saturated heterocycles. The van der Waals surface area contributed by atoms with Crippen molar-refractivity contribution in [2.24, 2.45) is 5.73 Å². The Hall–Kier alpha value is -1.13. The topological polar surface area (TPSA) is 54.2 Å². The molecular formula is C11H18N4.